The number of nitrogens with zero attached hydrogens (tertiary/aromatic N) is 2. The Labute approximate surface area is 141 Å². The third-order valence-electron chi connectivity index (χ3n) is 3.14. The number of benzene rings is 1. The van der Waals surface area contributed by atoms with Gasteiger partial charge in [-0.05, 0) is 52.0 Å². The molecule has 0 fully saturated rings. The second-order valence-electron chi connectivity index (χ2n) is 4.84. The molecule has 0 saturated heterocycles. The van der Waals surface area contributed by atoms with E-state index in [0.29, 0.717) is 11.3 Å². The van der Waals surface area contributed by atoms with Crippen LogP contribution in [0.1, 0.15) is 61.0 Å². The Balaban J connectivity index is 0. The largest absolute Gasteiger partial charge is 0.348 e. The van der Waals surface area contributed by atoms with Crippen molar-refractivity contribution in [1.82, 2.24) is 0 Å². The van der Waals surface area contributed by atoms with Crippen LogP contribution < -0.4 is 4.90 Å². The van der Waals surface area contributed by atoms with E-state index in [-0.39, 0.29) is 0 Å². The summed E-state index contributed by atoms with van der Waals surface area (Å²) in [4.78, 5) is 1.87. The van der Waals surface area contributed by atoms with Gasteiger partial charge >= 0.3 is 0 Å². The van der Waals surface area contributed by atoms with E-state index in [1.54, 1.807) is 6.07 Å². The van der Waals surface area contributed by atoms with Crippen molar-refractivity contribution >= 4 is 5.69 Å². The summed E-state index contributed by atoms with van der Waals surface area (Å²) in [6, 6.07) is 6.30. The molecule has 0 aliphatic carbocycles. The van der Waals surface area contributed by atoms with E-state index < -0.39 is 5.82 Å². The highest BCUT2D eigenvalue weighted by molar-refractivity contribution is 5.55. The molecule has 0 atom stereocenters. The second-order valence-corrected chi connectivity index (χ2v) is 4.84. The molecule has 1 aromatic rings. The molecule has 0 aliphatic rings. The summed E-state index contributed by atoms with van der Waals surface area (Å²) in [5, 5.41) is 8.87. The molecule has 0 amide bonds. The molecule has 0 radical (unpaired) electrons. The fourth-order valence-corrected chi connectivity index (χ4v) is 1.59. The quantitative estimate of drug-likeness (QED) is 0.599. The van der Waals surface area contributed by atoms with Crippen molar-refractivity contribution in [2.45, 2.75) is 55.4 Å². The number of rotatable bonds is 3. The van der Waals surface area contributed by atoms with Crippen molar-refractivity contribution in [3.05, 3.63) is 52.5 Å². The summed E-state index contributed by atoms with van der Waals surface area (Å²) in [6.07, 6.45) is 2.05. The van der Waals surface area contributed by atoms with Crippen LogP contribution in [0.4, 0.5) is 10.1 Å². The second kappa shape index (κ2) is 12.5. The molecule has 0 aromatic heterocycles. The summed E-state index contributed by atoms with van der Waals surface area (Å²) in [7, 11) is 1.86. The van der Waals surface area contributed by atoms with Crippen LogP contribution in [0.2, 0.25) is 0 Å². The first kappa shape index (κ1) is 23.2. The third-order valence-corrected chi connectivity index (χ3v) is 3.14. The van der Waals surface area contributed by atoms with Gasteiger partial charge < -0.3 is 4.90 Å². The van der Waals surface area contributed by atoms with E-state index in [1.807, 2.05) is 65.6 Å². The first-order valence-electron chi connectivity index (χ1n) is 8.12. The average molecular weight is 318 g/mol. The van der Waals surface area contributed by atoms with Gasteiger partial charge in [-0.15, -0.1) is 0 Å². The summed E-state index contributed by atoms with van der Waals surface area (Å²) in [5.41, 5.74) is 4.42. The van der Waals surface area contributed by atoms with Gasteiger partial charge in [-0.3, -0.25) is 0 Å². The van der Waals surface area contributed by atoms with E-state index in [4.69, 9.17) is 5.26 Å². The molecule has 0 aliphatic heterocycles. The van der Waals surface area contributed by atoms with Crippen molar-refractivity contribution in [2.75, 3.05) is 11.9 Å². The fraction of sp³-hybridized carbons (Fsp3) is 0.450. The minimum Gasteiger partial charge on any atom is -0.348 e. The fourth-order valence-electron chi connectivity index (χ4n) is 1.59. The Bertz CT molecular complexity index is 574. The van der Waals surface area contributed by atoms with Crippen LogP contribution in [-0.4, -0.2) is 7.05 Å². The van der Waals surface area contributed by atoms with Crippen molar-refractivity contribution in [1.29, 1.82) is 5.26 Å². The molecule has 0 unspecified atom stereocenters. The van der Waals surface area contributed by atoms with Crippen LogP contribution >= 0.6 is 0 Å². The van der Waals surface area contributed by atoms with E-state index in [2.05, 4.69) is 13.8 Å². The zero-order chi connectivity index (χ0) is 18.6. The highest BCUT2D eigenvalue weighted by atomic mass is 19.1. The smallest absolute Gasteiger partial charge is 0.126 e. The van der Waals surface area contributed by atoms with Crippen LogP contribution in [0, 0.1) is 17.1 Å². The van der Waals surface area contributed by atoms with Gasteiger partial charge in [0.25, 0.3) is 0 Å². The Hall–Kier alpha value is -2.08. The molecule has 0 spiro atoms. The van der Waals surface area contributed by atoms with Gasteiger partial charge in [0.15, 0.2) is 0 Å². The molecule has 1 rings (SSSR count). The molecule has 128 valence electrons. The molecule has 3 heteroatoms. The molecule has 0 heterocycles. The van der Waals surface area contributed by atoms with Crippen LogP contribution in [0.5, 0.6) is 0 Å². The van der Waals surface area contributed by atoms with Gasteiger partial charge in [0, 0.05) is 18.4 Å². The highest BCUT2D eigenvalue weighted by Gasteiger charge is 2.07. The molecule has 1 aromatic carbocycles. The summed E-state index contributed by atoms with van der Waals surface area (Å²) in [6.45, 7) is 16.1. The highest BCUT2D eigenvalue weighted by Crippen LogP contribution is 2.21. The Morgan fingerprint density at radius 3 is 2.00 bits per heavy atom. The topological polar surface area (TPSA) is 27.0 Å². The number of hydrogen-bond donors (Lipinski definition) is 0. The van der Waals surface area contributed by atoms with Crippen molar-refractivity contribution in [3.8, 4) is 6.07 Å². The van der Waals surface area contributed by atoms with Crippen LogP contribution in [-0.2, 0) is 0 Å². The summed E-state index contributed by atoms with van der Waals surface area (Å²) in [5.74, 6) is -0.396. The zero-order valence-corrected chi connectivity index (χ0v) is 16.1. The minimum absolute atomic E-state index is 0.327. The van der Waals surface area contributed by atoms with E-state index in [0.717, 1.165) is 5.70 Å². The SMILES string of the molecule is CC.CC.CC(C)=C(C)/C=C(/C)N(C)c1cc(F)cc(C#N)c1. The lowest BCUT2D eigenvalue weighted by Crippen LogP contribution is -2.14. The lowest BCUT2D eigenvalue weighted by molar-refractivity contribution is 0.627. The number of nitriles is 1. The lowest BCUT2D eigenvalue weighted by atomic mass is 10.1. The lowest BCUT2D eigenvalue weighted by Gasteiger charge is -2.21. The number of allylic oxidation sites excluding steroid dienone is 4. The van der Waals surface area contributed by atoms with Crippen molar-refractivity contribution < 1.29 is 4.39 Å². The summed E-state index contributed by atoms with van der Waals surface area (Å²) >= 11 is 0. The predicted molar refractivity (Wildman–Crippen MR) is 100 cm³/mol. The number of halogens is 1. The van der Waals surface area contributed by atoms with Gasteiger partial charge in [-0.1, -0.05) is 38.8 Å². The molecule has 2 nitrogen and oxygen atoms in total. The monoisotopic (exact) mass is 318 g/mol. The first-order valence-corrected chi connectivity index (χ1v) is 8.12. The molecule has 23 heavy (non-hydrogen) atoms. The predicted octanol–water partition coefficient (Wildman–Crippen LogP) is 6.45. The molecular weight excluding hydrogens is 287 g/mol. The van der Waals surface area contributed by atoms with Gasteiger partial charge in [0.2, 0.25) is 0 Å². The van der Waals surface area contributed by atoms with Gasteiger partial charge in [-0.2, -0.15) is 5.26 Å². The van der Waals surface area contributed by atoms with Crippen LogP contribution in [0.25, 0.3) is 0 Å². The minimum atomic E-state index is -0.396. The van der Waals surface area contributed by atoms with E-state index in [1.165, 1.54) is 23.3 Å². The standard InChI is InChI=1S/C16H19FN2.2C2H6/c1-11(2)12(3)6-13(4)19(5)16-8-14(10-18)7-15(17)9-16;2*1-2/h6-9H,1-5H3;2*1-2H3/b13-6-;;. The average Bonchev–Trinajstić information content (AvgIpc) is 2.56. The van der Waals surface area contributed by atoms with Crippen molar-refractivity contribution in [2.24, 2.45) is 0 Å². The van der Waals surface area contributed by atoms with Crippen molar-refractivity contribution in [3.63, 3.8) is 0 Å². The molecular formula is C20H31FN2. The Morgan fingerprint density at radius 1 is 1.04 bits per heavy atom. The Kier molecular flexibility index (Phi) is 12.6. The van der Waals surface area contributed by atoms with E-state index in [9.17, 15) is 4.39 Å². The first-order chi connectivity index (χ1) is 10.8. The van der Waals surface area contributed by atoms with Crippen LogP contribution in [0.15, 0.2) is 41.1 Å². The molecule has 0 N–H and O–H groups in total. The van der Waals surface area contributed by atoms with Gasteiger partial charge in [0.1, 0.15) is 5.82 Å². The maximum Gasteiger partial charge on any atom is 0.126 e. The van der Waals surface area contributed by atoms with Crippen LogP contribution in [0.3, 0.4) is 0 Å². The number of anilines is 1. The molecule has 0 saturated carbocycles. The van der Waals surface area contributed by atoms with Gasteiger partial charge in [-0.25, -0.2) is 4.39 Å². The normalized spacial score (nSPS) is 9.52. The maximum atomic E-state index is 13.4. The van der Waals surface area contributed by atoms with Gasteiger partial charge in [0.05, 0.1) is 11.6 Å². The molecule has 0 bridgehead atoms. The summed E-state index contributed by atoms with van der Waals surface area (Å²) < 4.78 is 13.4. The maximum absolute atomic E-state index is 13.4. The third kappa shape index (κ3) is 8.21. The van der Waals surface area contributed by atoms with E-state index >= 15 is 0 Å². The zero-order valence-electron chi connectivity index (χ0n) is 16.1. The Morgan fingerprint density at radius 2 is 1.57 bits per heavy atom. The number of hydrogen-bond acceptors (Lipinski definition) is 2.